The summed E-state index contributed by atoms with van der Waals surface area (Å²) in [6.45, 7) is 7.68. The summed E-state index contributed by atoms with van der Waals surface area (Å²) in [7, 11) is 0. The van der Waals surface area contributed by atoms with E-state index < -0.39 is 0 Å². The standard InChI is InChI=1S/C14H24BrN3/c1-3-18(4-2)10-9-13(17-16)11-12-7-5-6-8-14(12)15/h5-8,13,17H,3-4,9-11,16H2,1-2H3. The average molecular weight is 314 g/mol. The Bertz CT molecular complexity index is 340. The van der Waals surface area contributed by atoms with Crippen LogP contribution in [0.2, 0.25) is 0 Å². The van der Waals surface area contributed by atoms with Crippen LogP contribution < -0.4 is 11.3 Å². The van der Waals surface area contributed by atoms with Gasteiger partial charge in [-0.15, -0.1) is 0 Å². The van der Waals surface area contributed by atoms with Gasteiger partial charge < -0.3 is 4.90 Å². The highest BCUT2D eigenvalue weighted by atomic mass is 79.9. The molecule has 0 spiro atoms. The predicted octanol–water partition coefficient (Wildman–Crippen LogP) is 2.56. The van der Waals surface area contributed by atoms with Gasteiger partial charge in [-0.1, -0.05) is 48.0 Å². The molecule has 0 saturated carbocycles. The van der Waals surface area contributed by atoms with Gasteiger partial charge in [0.1, 0.15) is 0 Å². The van der Waals surface area contributed by atoms with E-state index in [-0.39, 0.29) is 0 Å². The molecule has 0 bridgehead atoms. The number of nitrogens with zero attached hydrogens (tertiary/aromatic N) is 1. The summed E-state index contributed by atoms with van der Waals surface area (Å²) < 4.78 is 1.16. The van der Waals surface area contributed by atoms with Gasteiger partial charge in [0.25, 0.3) is 0 Å². The molecule has 0 aliphatic rings. The van der Waals surface area contributed by atoms with Gasteiger partial charge in [-0.25, -0.2) is 0 Å². The molecule has 18 heavy (non-hydrogen) atoms. The number of nitrogens with two attached hydrogens (primary N) is 1. The van der Waals surface area contributed by atoms with Crippen LogP contribution in [0.3, 0.4) is 0 Å². The summed E-state index contributed by atoms with van der Waals surface area (Å²) in [5, 5.41) is 0. The van der Waals surface area contributed by atoms with Crippen LogP contribution in [0.4, 0.5) is 0 Å². The highest BCUT2D eigenvalue weighted by Crippen LogP contribution is 2.18. The Kier molecular flexibility index (Phi) is 7.51. The smallest absolute Gasteiger partial charge is 0.0263 e. The Morgan fingerprint density at radius 1 is 1.28 bits per heavy atom. The molecule has 0 aromatic heterocycles. The zero-order chi connectivity index (χ0) is 13.4. The fourth-order valence-electron chi connectivity index (χ4n) is 2.05. The lowest BCUT2D eigenvalue weighted by Gasteiger charge is -2.22. The van der Waals surface area contributed by atoms with Crippen molar-refractivity contribution < 1.29 is 0 Å². The molecule has 1 aromatic carbocycles. The van der Waals surface area contributed by atoms with Gasteiger partial charge in [-0.05, 0) is 44.1 Å². The summed E-state index contributed by atoms with van der Waals surface area (Å²) in [5.74, 6) is 5.66. The van der Waals surface area contributed by atoms with Crippen LogP contribution >= 0.6 is 15.9 Å². The van der Waals surface area contributed by atoms with E-state index in [1.54, 1.807) is 0 Å². The van der Waals surface area contributed by atoms with E-state index in [9.17, 15) is 0 Å². The summed E-state index contributed by atoms with van der Waals surface area (Å²) in [6, 6.07) is 8.65. The van der Waals surface area contributed by atoms with Gasteiger partial charge in [0.05, 0.1) is 0 Å². The molecule has 3 N–H and O–H groups in total. The van der Waals surface area contributed by atoms with Gasteiger partial charge in [-0.3, -0.25) is 11.3 Å². The molecule has 1 rings (SSSR count). The Balaban J connectivity index is 2.49. The van der Waals surface area contributed by atoms with Crippen molar-refractivity contribution in [3.63, 3.8) is 0 Å². The molecule has 102 valence electrons. The van der Waals surface area contributed by atoms with E-state index in [1.807, 2.05) is 6.07 Å². The maximum Gasteiger partial charge on any atom is 0.0263 e. The van der Waals surface area contributed by atoms with Crippen LogP contribution in [0.5, 0.6) is 0 Å². The lowest BCUT2D eigenvalue weighted by molar-refractivity contribution is 0.280. The van der Waals surface area contributed by atoms with Crippen molar-refractivity contribution in [2.45, 2.75) is 32.7 Å². The van der Waals surface area contributed by atoms with E-state index in [0.717, 1.165) is 36.9 Å². The normalized spacial score (nSPS) is 12.9. The molecule has 1 unspecified atom stereocenters. The Morgan fingerprint density at radius 3 is 2.50 bits per heavy atom. The van der Waals surface area contributed by atoms with Crippen LogP contribution in [0.25, 0.3) is 0 Å². The van der Waals surface area contributed by atoms with E-state index in [2.05, 4.69) is 58.3 Å². The Hall–Kier alpha value is -0.420. The van der Waals surface area contributed by atoms with Crippen molar-refractivity contribution in [1.82, 2.24) is 10.3 Å². The minimum absolute atomic E-state index is 0.323. The van der Waals surface area contributed by atoms with Gasteiger partial charge in [0, 0.05) is 10.5 Å². The molecule has 0 amide bonds. The van der Waals surface area contributed by atoms with Crippen LogP contribution in [-0.2, 0) is 6.42 Å². The summed E-state index contributed by atoms with van der Waals surface area (Å²) >= 11 is 3.58. The van der Waals surface area contributed by atoms with Gasteiger partial charge >= 0.3 is 0 Å². The molecule has 0 saturated heterocycles. The molecule has 0 radical (unpaired) electrons. The van der Waals surface area contributed by atoms with Crippen molar-refractivity contribution in [2.24, 2.45) is 5.84 Å². The zero-order valence-corrected chi connectivity index (χ0v) is 12.9. The largest absolute Gasteiger partial charge is 0.304 e. The number of benzene rings is 1. The molecular weight excluding hydrogens is 290 g/mol. The highest BCUT2D eigenvalue weighted by molar-refractivity contribution is 9.10. The lowest BCUT2D eigenvalue weighted by atomic mass is 10.0. The number of rotatable bonds is 8. The van der Waals surface area contributed by atoms with E-state index in [4.69, 9.17) is 5.84 Å². The molecule has 0 fully saturated rings. The molecule has 1 atom stereocenters. The first kappa shape index (κ1) is 15.6. The number of nitrogens with one attached hydrogen (secondary N) is 1. The summed E-state index contributed by atoms with van der Waals surface area (Å²) in [6.07, 6.45) is 2.03. The maximum atomic E-state index is 5.66. The quantitative estimate of drug-likeness (QED) is 0.572. The van der Waals surface area contributed by atoms with E-state index >= 15 is 0 Å². The number of hydrogen-bond donors (Lipinski definition) is 2. The Labute approximate surface area is 119 Å². The van der Waals surface area contributed by atoms with Gasteiger partial charge in [-0.2, -0.15) is 0 Å². The number of halogens is 1. The minimum atomic E-state index is 0.323. The average Bonchev–Trinajstić information content (AvgIpc) is 2.40. The maximum absolute atomic E-state index is 5.66. The predicted molar refractivity (Wildman–Crippen MR) is 81.4 cm³/mol. The van der Waals surface area contributed by atoms with Crippen LogP contribution in [0.15, 0.2) is 28.7 Å². The second-order valence-corrected chi connectivity index (χ2v) is 5.33. The SMILES string of the molecule is CCN(CC)CCC(Cc1ccccc1Br)NN. The second-order valence-electron chi connectivity index (χ2n) is 4.47. The van der Waals surface area contributed by atoms with Crippen molar-refractivity contribution in [1.29, 1.82) is 0 Å². The molecule has 0 aliphatic carbocycles. The first-order chi connectivity index (χ1) is 8.71. The Morgan fingerprint density at radius 2 is 1.94 bits per heavy atom. The van der Waals surface area contributed by atoms with Gasteiger partial charge in [0.15, 0.2) is 0 Å². The third-order valence-corrected chi connectivity index (χ3v) is 4.12. The van der Waals surface area contributed by atoms with Crippen molar-refractivity contribution in [2.75, 3.05) is 19.6 Å². The van der Waals surface area contributed by atoms with Crippen molar-refractivity contribution >= 4 is 15.9 Å². The molecule has 0 heterocycles. The summed E-state index contributed by atoms with van der Waals surface area (Å²) in [5.41, 5.74) is 4.24. The fourth-order valence-corrected chi connectivity index (χ4v) is 2.50. The molecule has 3 nitrogen and oxygen atoms in total. The second kappa shape index (κ2) is 8.64. The highest BCUT2D eigenvalue weighted by Gasteiger charge is 2.11. The van der Waals surface area contributed by atoms with Crippen LogP contribution in [0, 0.1) is 0 Å². The molecule has 1 aromatic rings. The first-order valence-corrected chi connectivity index (χ1v) is 7.42. The molecule has 4 heteroatoms. The molecule has 0 aliphatic heterocycles. The third kappa shape index (κ3) is 5.06. The first-order valence-electron chi connectivity index (χ1n) is 6.63. The number of hydrazine groups is 1. The molecular formula is C14H24BrN3. The van der Waals surface area contributed by atoms with E-state index in [1.165, 1.54) is 5.56 Å². The van der Waals surface area contributed by atoms with Crippen LogP contribution in [-0.4, -0.2) is 30.6 Å². The topological polar surface area (TPSA) is 41.3 Å². The van der Waals surface area contributed by atoms with Crippen LogP contribution in [0.1, 0.15) is 25.8 Å². The lowest BCUT2D eigenvalue weighted by Crippen LogP contribution is -2.39. The fraction of sp³-hybridized carbons (Fsp3) is 0.571. The van der Waals surface area contributed by atoms with E-state index in [0.29, 0.717) is 6.04 Å². The van der Waals surface area contributed by atoms with Gasteiger partial charge in [0.2, 0.25) is 0 Å². The third-order valence-electron chi connectivity index (χ3n) is 3.35. The monoisotopic (exact) mass is 313 g/mol. The summed E-state index contributed by atoms with van der Waals surface area (Å²) in [4.78, 5) is 2.42. The number of hydrogen-bond acceptors (Lipinski definition) is 3. The van der Waals surface area contributed by atoms with Crippen molar-refractivity contribution in [3.05, 3.63) is 34.3 Å². The minimum Gasteiger partial charge on any atom is -0.304 e. The van der Waals surface area contributed by atoms with Crippen molar-refractivity contribution in [3.8, 4) is 0 Å². The zero-order valence-electron chi connectivity index (χ0n) is 11.3.